The predicted molar refractivity (Wildman–Crippen MR) is 95.8 cm³/mol. The van der Waals surface area contributed by atoms with Crippen LogP contribution in [0.4, 0.5) is 5.69 Å². The third kappa shape index (κ3) is 1.80. The summed E-state index contributed by atoms with van der Waals surface area (Å²) in [5.74, 6) is 0.236. The predicted octanol–water partition coefficient (Wildman–Crippen LogP) is 6.60. The molecule has 0 amide bonds. The highest BCUT2D eigenvalue weighted by molar-refractivity contribution is 6.52. The first-order valence-electron chi connectivity index (χ1n) is 6.88. The molecule has 2 aromatic rings. The molecule has 2 aromatic carbocycles. The number of halogens is 4. The van der Waals surface area contributed by atoms with Gasteiger partial charge < -0.3 is 4.90 Å². The lowest BCUT2D eigenvalue weighted by atomic mass is 9.83. The Kier molecular flexibility index (Phi) is 3.39. The maximum atomic E-state index is 6.53. The summed E-state index contributed by atoms with van der Waals surface area (Å²) in [6.07, 6.45) is 4.17. The van der Waals surface area contributed by atoms with Crippen LogP contribution >= 0.6 is 46.4 Å². The molecule has 0 spiro atoms. The van der Waals surface area contributed by atoms with Crippen LogP contribution in [0.15, 0.2) is 30.3 Å². The minimum atomic E-state index is 0.0807. The molecule has 2 unspecified atom stereocenters. The summed E-state index contributed by atoms with van der Waals surface area (Å²) >= 11 is 25.4. The number of rotatable bonds is 0. The Balaban J connectivity index is 2.01. The van der Waals surface area contributed by atoms with Crippen LogP contribution in [0.5, 0.6) is 0 Å². The number of anilines is 1. The highest BCUT2D eigenvalue weighted by atomic mass is 35.5. The van der Waals surface area contributed by atoms with E-state index in [4.69, 9.17) is 46.4 Å². The lowest BCUT2D eigenvalue weighted by Gasteiger charge is -2.32. The minimum absolute atomic E-state index is 0.0807. The maximum Gasteiger partial charge on any atom is 0.0800 e. The van der Waals surface area contributed by atoms with E-state index < -0.39 is 0 Å². The molecule has 0 N–H and O–H groups in total. The Hall–Kier alpha value is -0.860. The van der Waals surface area contributed by atoms with Gasteiger partial charge in [0.15, 0.2) is 0 Å². The molecule has 0 bridgehead atoms. The van der Waals surface area contributed by atoms with Crippen molar-refractivity contribution in [1.82, 2.24) is 0 Å². The number of para-hydroxylation sites is 1. The molecule has 5 heteroatoms. The summed E-state index contributed by atoms with van der Waals surface area (Å²) in [5, 5.41) is 1.59. The van der Waals surface area contributed by atoms with Crippen LogP contribution in [0.1, 0.15) is 28.7 Å². The fourth-order valence-corrected chi connectivity index (χ4v) is 4.61. The molecule has 1 nitrogen and oxygen atoms in total. The molecular weight excluding hydrogens is 360 g/mol. The van der Waals surface area contributed by atoms with Crippen LogP contribution in [0.25, 0.3) is 6.08 Å². The van der Waals surface area contributed by atoms with Gasteiger partial charge in [0.05, 0.1) is 26.1 Å². The summed E-state index contributed by atoms with van der Waals surface area (Å²) < 4.78 is 0. The normalized spacial score (nSPS) is 21.6. The fraction of sp³-hybridized carbons (Fsp3) is 0.176. The molecule has 1 aliphatic carbocycles. The molecule has 112 valence electrons. The van der Waals surface area contributed by atoms with E-state index in [2.05, 4.69) is 36.2 Å². The van der Waals surface area contributed by atoms with E-state index in [0.29, 0.717) is 20.1 Å². The van der Waals surface area contributed by atoms with E-state index >= 15 is 0 Å². The number of likely N-dealkylation sites (N-methyl/N-ethyl adjacent to an activating group) is 1. The quantitative estimate of drug-likeness (QED) is 0.373. The summed E-state index contributed by atoms with van der Waals surface area (Å²) in [7, 11) is 2.07. The Bertz CT molecular complexity index is 828. The topological polar surface area (TPSA) is 3.24 Å². The second-order valence-electron chi connectivity index (χ2n) is 5.58. The zero-order chi connectivity index (χ0) is 15.6. The van der Waals surface area contributed by atoms with Crippen molar-refractivity contribution in [3.05, 3.63) is 67.1 Å². The van der Waals surface area contributed by atoms with Crippen LogP contribution in [0.3, 0.4) is 0 Å². The van der Waals surface area contributed by atoms with Crippen LogP contribution in [0.2, 0.25) is 20.1 Å². The number of fused-ring (bicyclic) bond motifs is 5. The second-order valence-corrected chi connectivity index (χ2v) is 7.09. The van der Waals surface area contributed by atoms with Crippen molar-refractivity contribution in [1.29, 1.82) is 0 Å². The molecule has 2 atom stereocenters. The van der Waals surface area contributed by atoms with E-state index in [1.807, 2.05) is 12.1 Å². The lowest BCUT2D eigenvalue weighted by molar-refractivity contribution is 0.648. The molecule has 22 heavy (non-hydrogen) atoms. The van der Waals surface area contributed by atoms with Crippen LogP contribution in [0, 0.1) is 0 Å². The summed E-state index contributed by atoms with van der Waals surface area (Å²) in [6, 6.07) is 8.45. The van der Waals surface area contributed by atoms with Crippen molar-refractivity contribution in [2.24, 2.45) is 0 Å². The highest BCUT2D eigenvalue weighted by Gasteiger charge is 2.41. The van der Waals surface area contributed by atoms with Gasteiger partial charge in [0.1, 0.15) is 0 Å². The minimum Gasteiger partial charge on any atom is -0.366 e. The zero-order valence-corrected chi connectivity index (χ0v) is 14.6. The molecule has 2 aliphatic rings. The SMILES string of the molecule is CN1c2ccccc2C2C=Cc3c(Cl)c(Cl)c(Cl)c(Cl)c3C21. The van der Waals surface area contributed by atoms with Gasteiger partial charge in [-0.15, -0.1) is 0 Å². The van der Waals surface area contributed by atoms with Gasteiger partial charge in [-0.3, -0.25) is 0 Å². The molecule has 0 aromatic heterocycles. The zero-order valence-electron chi connectivity index (χ0n) is 11.6. The van der Waals surface area contributed by atoms with Crippen molar-refractivity contribution in [2.45, 2.75) is 12.0 Å². The fourth-order valence-electron chi connectivity index (χ4n) is 3.55. The third-order valence-corrected chi connectivity index (χ3v) is 6.37. The number of hydrogen-bond acceptors (Lipinski definition) is 1. The molecule has 1 heterocycles. The number of hydrogen-bond donors (Lipinski definition) is 0. The van der Waals surface area contributed by atoms with Gasteiger partial charge in [-0.25, -0.2) is 0 Å². The Morgan fingerprint density at radius 1 is 0.909 bits per heavy atom. The molecule has 0 fully saturated rings. The van der Waals surface area contributed by atoms with E-state index in [1.165, 1.54) is 11.3 Å². The largest absolute Gasteiger partial charge is 0.366 e. The maximum absolute atomic E-state index is 6.53. The van der Waals surface area contributed by atoms with Crippen LogP contribution in [-0.2, 0) is 0 Å². The van der Waals surface area contributed by atoms with E-state index in [1.54, 1.807) is 0 Å². The Morgan fingerprint density at radius 2 is 1.59 bits per heavy atom. The van der Waals surface area contributed by atoms with Crippen molar-refractivity contribution in [3.63, 3.8) is 0 Å². The third-order valence-electron chi connectivity index (χ3n) is 4.54. The summed E-state index contributed by atoms with van der Waals surface area (Å²) in [4.78, 5) is 2.23. The monoisotopic (exact) mass is 369 g/mol. The van der Waals surface area contributed by atoms with Crippen molar-refractivity contribution in [2.75, 3.05) is 11.9 Å². The molecule has 0 saturated carbocycles. The van der Waals surface area contributed by atoms with E-state index in [-0.39, 0.29) is 12.0 Å². The van der Waals surface area contributed by atoms with Gasteiger partial charge in [-0.1, -0.05) is 76.8 Å². The van der Waals surface area contributed by atoms with Crippen molar-refractivity contribution >= 4 is 58.2 Å². The smallest absolute Gasteiger partial charge is 0.0800 e. The van der Waals surface area contributed by atoms with Gasteiger partial charge in [-0.05, 0) is 11.6 Å². The standard InChI is InChI=1S/C17H11Cl4N/c1-22-11-5-3-2-4-8(11)9-6-7-10-12(17(9)22)14(19)16(21)15(20)13(10)18/h2-7,9,17H,1H3. The van der Waals surface area contributed by atoms with Crippen molar-refractivity contribution in [3.8, 4) is 0 Å². The first-order valence-corrected chi connectivity index (χ1v) is 8.39. The van der Waals surface area contributed by atoms with Crippen LogP contribution < -0.4 is 4.90 Å². The van der Waals surface area contributed by atoms with Gasteiger partial charge in [0, 0.05) is 29.8 Å². The van der Waals surface area contributed by atoms with Crippen molar-refractivity contribution < 1.29 is 0 Å². The van der Waals surface area contributed by atoms with Gasteiger partial charge in [-0.2, -0.15) is 0 Å². The molecule has 0 radical (unpaired) electrons. The average Bonchev–Trinajstić information content (AvgIpc) is 2.84. The Labute approximate surface area is 149 Å². The highest BCUT2D eigenvalue weighted by Crippen LogP contribution is 2.56. The van der Waals surface area contributed by atoms with Gasteiger partial charge in [0.2, 0.25) is 0 Å². The average molecular weight is 371 g/mol. The second kappa shape index (κ2) is 5.07. The summed E-state index contributed by atoms with van der Waals surface area (Å²) in [5.41, 5.74) is 4.30. The van der Waals surface area contributed by atoms with E-state index in [9.17, 15) is 0 Å². The van der Waals surface area contributed by atoms with Gasteiger partial charge in [0.25, 0.3) is 0 Å². The van der Waals surface area contributed by atoms with Gasteiger partial charge >= 0.3 is 0 Å². The lowest BCUT2D eigenvalue weighted by Crippen LogP contribution is -2.24. The molecule has 0 saturated heterocycles. The van der Waals surface area contributed by atoms with Crippen LogP contribution in [-0.4, -0.2) is 7.05 Å². The first kappa shape index (κ1) is 14.7. The first-order chi connectivity index (χ1) is 10.5. The summed E-state index contributed by atoms with van der Waals surface area (Å²) in [6.45, 7) is 0. The molecule has 4 rings (SSSR count). The number of nitrogens with zero attached hydrogens (tertiary/aromatic N) is 1. The van der Waals surface area contributed by atoms with E-state index in [0.717, 1.165) is 11.1 Å². The molecule has 1 aliphatic heterocycles. The molecular formula is C17H11Cl4N. The Morgan fingerprint density at radius 3 is 2.36 bits per heavy atom. The number of benzene rings is 2.